The lowest BCUT2D eigenvalue weighted by Crippen LogP contribution is -2.36. The van der Waals surface area contributed by atoms with Crippen molar-refractivity contribution in [3.8, 4) is 0 Å². The van der Waals surface area contributed by atoms with E-state index >= 15 is 0 Å². The summed E-state index contributed by atoms with van der Waals surface area (Å²) in [6.07, 6.45) is 0.878. The standard InChI is InChI=1S/C15H12BrF2NO2S/c16-12-5-1-2-6-15(12)22(20,21)19-7-3-4-11-13(18)8-10(17)9-14(11)19/h1-2,5-6,8-9H,3-4,7H2. The Morgan fingerprint density at radius 1 is 1.14 bits per heavy atom. The van der Waals surface area contributed by atoms with E-state index in [1.54, 1.807) is 18.2 Å². The number of benzene rings is 2. The molecule has 1 aliphatic heterocycles. The van der Waals surface area contributed by atoms with E-state index in [-0.39, 0.29) is 22.7 Å². The minimum atomic E-state index is -3.89. The van der Waals surface area contributed by atoms with E-state index in [2.05, 4.69) is 15.9 Å². The monoisotopic (exact) mass is 387 g/mol. The summed E-state index contributed by atoms with van der Waals surface area (Å²) in [5.74, 6) is -1.49. The van der Waals surface area contributed by atoms with Crippen molar-refractivity contribution < 1.29 is 17.2 Å². The summed E-state index contributed by atoms with van der Waals surface area (Å²) >= 11 is 3.21. The van der Waals surface area contributed by atoms with Crippen LogP contribution in [-0.4, -0.2) is 15.0 Å². The zero-order chi connectivity index (χ0) is 15.9. The number of fused-ring (bicyclic) bond motifs is 1. The Morgan fingerprint density at radius 3 is 2.59 bits per heavy atom. The number of hydrogen-bond acceptors (Lipinski definition) is 2. The fourth-order valence-corrected chi connectivity index (χ4v) is 5.09. The molecule has 0 saturated carbocycles. The minimum absolute atomic E-state index is 0.0764. The fourth-order valence-electron chi connectivity index (χ4n) is 2.60. The maximum atomic E-state index is 13.9. The molecule has 1 heterocycles. The van der Waals surface area contributed by atoms with E-state index in [9.17, 15) is 17.2 Å². The van der Waals surface area contributed by atoms with Gasteiger partial charge in [-0.25, -0.2) is 17.2 Å². The van der Waals surface area contributed by atoms with E-state index in [0.29, 0.717) is 17.3 Å². The number of halogens is 3. The van der Waals surface area contributed by atoms with Crippen LogP contribution in [0.1, 0.15) is 12.0 Å². The summed E-state index contributed by atoms with van der Waals surface area (Å²) < 4.78 is 54.6. The van der Waals surface area contributed by atoms with E-state index in [1.165, 1.54) is 6.07 Å². The lowest BCUT2D eigenvalue weighted by molar-refractivity contribution is 0.558. The van der Waals surface area contributed by atoms with Crippen LogP contribution < -0.4 is 4.31 Å². The summed E-state index contributed by atoms with van der Waals surface area (Å²) in [6, 6.07) is 8.24. The van der Waals surface area contributed by atoms with Crippen LogP contribution in [0, 0.1) is 11.6 Å². The number of hydrogen-bond donors (Lipinski definition) is 0. The third-order valence-electron chi connectivity index (χ3n) is 3.60. The maximum absolute atomic E-state index is 13.9. The molecule has 22 heavy (non-hydrogen) atoms. The van der Waals surface area contributed by atoms with Crippen molar-refractivity contribution in [2.45, 2.75) is 17.7 Å². The van der Waals surface area contributed by atoms with Gasteiger partial charge in [0.2, 0.25) is 0 Å². The highest BCUT2D eigenvalue weighted by molar-refractivity contribution is 9.10. The Hall–Kier alpha value is -1.47. The van der Waals surface area contributed by atoms with Crippen LogP contribution in [0.4, 0.5) is 14.5 Å². The zero-order valence-electron chi connectivity index (χ0n) is 11.4. The number of anilines is 1. The molecular weight excluding hydrogens is 376 g/mol. The Morgan fingerprint density at radius 2 is 1.86 bits per heavy atom. The third kappa shape index (κ3) is 2.52. The summed E-state index contributed by atoms with van der Waals surface area (Å²) in [5.41, 5.74) is 0.322. The molecule has 2 aromatic rings. The molecule has 0 spiro atoms. The molecular formula is C15H12BrF2NO2S. The average molecular weight is 388 g/mol. The lowest BCUT2D eigenvalue weighted by atomic mass is 10.0. The van der Waals surface area contributed by atoms with Crippen LogP contribution in [0.25, 0.3) is 0 Å². The number of rotatable bonds is 2. The Labute approximate surface area is 135 Å². The summed E-state index contributed by atoms with van der Waals surface area (Å²) in [6.45, 7) is 0.194. The molecule has 0 aliphatic carbocycles. The normalized spacial score (nSPS) is 14.8. The molecule has 116 valence electrons. The van der Waals surface area contributed by atoms with Crippen LogP contribution >= 0.6 is 15.9 Å². The molecule has 1 aliphatic rings. The molecule has 0 fully saturated rings. The Kier molecular flexibility index (Phi) is 3.94. The highest BCUT2D eigenvalue weighted by Crippen LogP contribution is 2.35. The van der Waals surface area contributed by atoms with Gasteiger partial charge < -0.3 is 0 Å². The van der Waals surface area contributed by atoms with Gasteiger partial charge in [-0.2, -0.15) is 0 Å². The SMILES string of the molecule is O=S(=O)(c1ccccc1Br)N1CCCc2c(F)cc(F)cc21. The topological polar surface area (TPSA) is 37.4 Å². The Balaban J connectivity index is 2.18. The van der Waals surface area contributed by atoms with Gasteiger partial charge in [-0.1, -0.05) is 12.1 Å². The van der Waals surface area contributed by atoms with Crippen molar-refractivity contribution in [1.29, 1.82) is 0 Å². The van der Waals surface area contributed by atoms with Crippen LogP contribution in [0.2, 0.25) is 0 Å². The number of sulfonamides is 1. The van der Waals surface area contributed by atoms with Gasteiger partial charge in [-0.15, -0.1) is 0 Å². The van der Waals surface area contributed by atoms with Crippen molar-refractivity contribution in [2.75, 3.05) is 10.8 Å². The van der Waals surface area contributed by atoms with Gasteiger partial charge in [0.05, 0.1) is 5.69 Å². The van der Waals surface area contributed by atoms with Crippen LogP contribution in [-0.2, 0) is 16.4 Å². The molecule has 0 amide bonds. The van der Waals surface area contributed by atoms with Gasteiger partial charge in [-0.05, 0) is 47.0 Å². The molecule has 0 radical (unpaired) electrons. The van der Waals surface area contributed by atoms with Crippen LogP contribution in [0.15, 0.2) is 45.8 Å². The van der Waals surface area contributed by atoms with Crippen molar-refractivity contribution >= 4 is 31.6 Å². The fraction of sp³-hybridized carbons (Fsp3) is 0.200. The van der Waals surface area contributed by atoms with Crippen LogP contribution in [0.3, 0.4) is 0 Å². The zero-order valence-corrected chi connectivity index (χ0v) is 13.8. The third-order valence-corrected chi connectivity index (χ3v) is 6.42. The highest BCUT2D eigenvalue weighted by Gasteiger charge is 2.32. The molecule has 3 nitrogen and oxygen atoms in total. The predicted molar refractivity (Wildman–Crippen MR) is 83.4 cm³/mol. The predicted octanol–water partition coefficient (Wildman–Crippen LogP) is 3.87. The molecule has 3 rings (SSSR count). The summed E-state index contributed by atoms with van der Waals surface area (Å²) in [4.78, 5) is 0.0764. The van der Waals surface area contributed by atoms with Crippen molar-refractivity contribution in [2.24, 2.45) is 0 Å². The van der Waals surface area contributed by atoms with E-state index in [4.69, 9.17) is 0 Å². The van der Waals surface area contributed by atoms with Crippen LogP contribution in [0.5, 0.6) is 0 Å². The van der Waals surface area contributed by atoms with E-state index in [0.717, 1.165) is 16.4 Å². The van der Waals surface area contributed by atoms with Crippen molar-refractivity contribution in [1.82, 2.24) is 0 Å². The van der Waals surface area contributed by atoms with Crippen molar-refractivity contribution in [3.63, 3.8) is 0 Å². The first kappa shape index (κ1) is 15.4. The van der Waals surface area contributed by atoms with Crippen molar-refractivity contribution in [3.05, 3.63) is 58.1 Å². The molecule has 2 aromatic carbocycles. The van der Waals surface area contributed by atoms with Gasteiger partial charge in [0, 0.05) is 22.6 Å². The molecule has 0 bridgehead atoms. The van der Waals surface area contributed by atoms with Gasteiger partial charge in [0.15, 0.2) is 0 Å². The van der Waals surface area contributed by atoms with E-state index in [1.807, 2.05) is 0 Å². The first-order valence-corrected chi connectivity index (χ1v) is 8.90. The van der Waals surface area contributed by atoms with Gasteiger partial charge >= 0.3 is 0 Å². The first-order chi connectivity index (χ1) is 10.4. The lowest BCUT2D eigenvalue weighted by Gasteiger charge is -2.31. The maximum Gasteiger partial charge on any atom is 0.265 e. The molecule has 0 saturated heterocycles. The van der Waals surface area contributed by atoms with Gasteiger partial charge in [-0.3, -0.25) is 4.31 Å². The average Bonchev–Trinajstić information content (AvgIpc) is 2.46. The molecule has 0 atom stereocenters. The number of nitrogens with zero attached hydrogens (tertiary/aromatic N) is 1. The molecule has 0 aromatic heterocycles. The Bertz CT molecular complexity index is 839. The van der Waals surface area contributed by atoms with Gasteiger partial charge in [0.1, 0.15) is 16.5 Å². The van der Waals surface area contributed by atoms with Gasteiger partial charge in [0.25, 0.3) is 10.0 Å². The second-order valence-corrected chi connectivity index (χ2v) is 7.68. The quantitative estimate of drug-likeness (QED) is 0.784. The minimum Gasteiger partial charge on any atom is -0.266 e. The second kappa shape index (κ2) is 5.62. The molecule has 7 heteroatoms. The first-order valence-electron chi connectivity index (χ1n) is 6.66. The second-order valence-electron chi connectivity index (χ2n) is 5.00. The molecule has 0 N–H and O–H groups in total. The highest BCUT2D eigenvalue weighted by atomic mass is 79.9. The van der Waals surface area contributed by atoms with E-state index < -0.39 is 21.7 Å². The summed E-state index contributed by atoms with van der Waals surface area (Å²) in [5, 5.41) is 0. The summed E-state index contributed by atoms with van der Waals surface area (Å²) in [7, 11) is -3.89. The smallest absolute Gasteiger partial charge is 0.265 e. The molecule has 0 unspecified atom stereocenters. The largest absolute Gasteiger partial charge is 0.266 e.